The van der Waals surface area contributed by atoms with E-state index in [0.29, 0.717) is 26.1 Å². The molecule has 4 aromatic rings. The second kappa shape index (κ2) is 8.14. The molecule has 148 valence electrons. The van der Waals surface area contributed by atoms with Crippen LogP contribution in [0.3, 0.4) is 0 Å². The highest BCUT2D eigenvalue weighted by Gasteiger charge is 2.19. The molecule has 5 nitrogen and oxygen atoms in total. The normalized spacial score (nSPS) is 11.1. The van der Waals surface area contributed by atoms with Gasteiger partial charge in [-0.25, -0.2) is 4.98 Å². The molecule has 2 aromatic heterocycles. The predicted molar refractivity (Wildman–Crippen MR) is 123 cm³/mol. The van der Waals surface area contributed by atoms with Crippen molar-refractivity contribution in [3.63, 3.8) is 0 Å². The Labute approximate surface area is 181 Å². The number of nitrogens with zero attached hydrogens (tertiary/aromatic N) is 3. The Kier molecular flexibility index (Phi) is 5.58. The molecule has 0 saturated heterocycles. The third-order valence-corrected chi connectivity index (χ3v) is 6.51. The predicted octanol–water partition coefficient (Wildman–Crippen LogP) is 5.40. The van der Waals surface area contributed by atoms with E-state index in [9.17, 15) is 4.79 Å². The molecule has 0 fully saturated rings. The SMILES string of the molecule is CCOc1ccc(-n2c(SC)nc3c(sc(=S)n3-c3ccccc3C)c2=O)cc1. The van der Waals surface area contributed by atoms with Crippen molar-refractivity contribution in [2.24, 2.45) is 0 Å². The average Bonchev–Trinajstić information content (AvgIpc) is 3.05. The van der Waals surface area contributed by atoms with Crippen molar-refractivity contribution in [3.05, 3.63) is 68.4 Å². The van der Waals surface area contributed by atoms with Crippen molar-refractivity contribution >= 4 is 45.7 Å². The highest BCUT2D eigenvalue weighted by molar-refractivity contribution is 7.98. The summed E-state index contributed by atoms with van der Waals surface area (Å²) >= 11 is 8.34. The second-order valence-electron chi connectivity index (χ2n) is 6.31. The molecule has 0 radical (unpaired) electrons. The molecular weight excluding hydrogens is 422 g/mol. The highest BCUT2D eigenvalue weighted by atomic mass is 32.2. The molecule has 0 atom stereocenters. The van der Waals surface area contributed by atoms with Gasteiger partial charge in [0.05, 0.1) is 18.0 Å². The Bertz CT molecular complexity index is 1300. The van der Waals surface area contributed by atoms with E-state index in [1.807, 2.05) is 73.2 Å². The second-order valence-corrected chi connectivity index (χ2v) is 8.73. The number of hydrogen-bond donors (Lipinski definition) is 0. The molecule has 0 aliphatic rings. The largest absolute Gasteiger partial charge is 0.494 e. The van der Waals surface area contributed by atoms with Gasteiger partial charge in [-0.1, -0.05) is 41.3 Å². The standard InChI is InChI=1S/C21H19N3O2S3/c1-4-26-15-11-9-14(10-12-15)23-19(25)17-18(22-20(23)28-3)24(21(27)29-17)16-8-6-5-7-13(16)2/h5-12H,4H2,1-3H3. The lowest BCUT2D eigenvalue weighted by atomic mass is 10.2. The summed E-state index contributed by atoms with van der Waals surface area (Å²) in [7, 11) is 0. The molecule has 0 saturated carbocycles. The quantitative estimate of drug-likeness (QED) is 0.236. The van der Waals surface area contributed by atoms with Gasteiger partial charge in [-0.3, -0.25) is 13.9 Å². The van der Waals surface area contributed by atoms with Crippen LogP contribution in [0.2, 0.25) is 0 Å². The number of rotatable bonds is 5. The molecule has 0 aliphatic heterocycles. The van der Waals surface area contributed by atoms with E-state index in [0.717, 1.165) is 22.7 Å². The number of thiazole rings is 1. The molecule has 4 rings (SSSR count). The minimum Gasteiger partial charge on any atom is -0.494 e. The fourth-order valence-corrected chi connectivity index (χ4v) is 5.03. The maximum Gasteiger partial charge on any atom is 0.278 e. The van der Waals surface area contributed by atoms with Gasteiger partial charge in [0.15, 0.2) is 14.8 Å². The Morgan fingerprint density at radius 3 is 2.52 bits per heavy atom. The van der Waals surface area contributed by atoms with E-state index >= 15 is 0 Å². The van der Waals surface area contributed by atoms with Gasteiger partial charge in [-0.05, 0) is 68.2 Å². The van der Waals surface area contributed by atoms with E-state index in [4.69, 9.17) is 21.9 Å². The lowest BCUT2D eigenvalue weighted by Gasteiger charge is -2.13. The van der Waals surface area contributed by atoms with Crippen LogP contribution in [0.5, 0.6) is 5.75 Å². The molecule has 0 N–H and O–H groups in total. The summed E-state index contributed by atoms with van der Waals surface area (Å²) in [6.45, 7) is 4.56. The van der Waals surface area contributed by atoms with Crippen LogP contribution in [0, 0.1) is 10.9 Å². The van der Waals surface area contributed by atoms with E-state index < -0.39 is 0 Å². The number of ether oxygens (including phenoxy) is 1. The van der Waals surface area contributed by atoms with Crippen molar-refractivity contribution in [2.45, 2.75) is 19.0 Å². The maximum absolute atomic E-state index is 13.4. The number of fused-ring (bicyclic) bond motifs is 1. The van der Waals surface area contributed by atoms with Gasteiger partial charge in [-0.2, -0.15) is 0 Å². The Morgan fingerprint density at radius 1 is 1.14 bits per heavy atom. The zero-order valence-corrected chi connectivity index (χ0v) is 18.7. The number of benzene rings is 2. The average molecular weight is 442 g/mol. The molecule has 0 aliphatic carbocycles. The van der Waals surface area contributed by atoms with Crippen LogP contribution >= 0.6 is 35.3 Å². The first-order chi connectivity index (χ1) is 14.0. The van der Waals surface area contributed by atoms with Gasteiger partial charge in [-0.15, -0.1) is 0 Å². The number of thioether (sulfide) groups is 1. The number of aromatic nitrogens is 3. The first-order valence-electron chi connectivity index (χ1n) is 9.07. The summed E-state index contributed by atoms with van der Waals surface area (Å²) in [5.41, 5.74) is 3.25. The van der Waals surface area contributed by atoms with Gasteiger partial charge in [0.2, 0.25) is 0 Å². The first-order valence-corrected chi connectivity index (χ1v) is 11.5. The lowest BCUT2D eigenvalue weighted by Crippen LogP contribution is -2.21. The van der Waals surface area contributed by atoms with Crippen LogP contribution in [-0.4, -0.2) is 27.0 Å². The molecule has 0 amide bonds. The highest BCUT2D eigenvalue weighted by Crippen LogP contribution is 2.28. The molecule has 2 heterocycles. The third kappa shape index (κ3) is 3.52. The van der Waals surface area contributed by atoms with Crippen LogP contribution in [0.25, 0.3) is 21.7 Å². The van der Waals surface area contributed by atoms with Crippen molar-refractivity contribution < 1.29 is 4.74 Å². The van der Waals surface area contributed by atoms with Gasteiger partial charge in [0, 0.05) is 0 Å². The summed E-state index contributed by atoms with van der Waals surface area (Å²) in [6.07, 6.45) is 1.91. The van der Waals surface area contributed by atoms with E-state index in [-0.39, 0.29) is 5.56 Å². The van der Waals surface area contributed by atoms with Gasteiger partial charge >= 0.3 is 0 Å². The number of aryl methyl sites for hydroxylation is 1. The Balaban J connectivity index is 1.98. The van der Waals surface area contributed by atoms with Crippen LogP contribution in [0.15, 0.2) is 58.5 Å². The number of hydrogen-bond acceptors (Lipinski definition) is 6. The van der Waals surface area contributed by atoms with Crippen LogP contribution in [0.1, 0.15) is 12.5 Å². The molecule has 0 bridgehead atoms. The van der Waals surface area contributed by atoms with Gasteiger partial charge in [0.1, 0.15) is 10.4 Å². The van der Waals surface area contributed by atoms with Crippen LogP contribution in [0.4, 0.5) is 0 Å². The third-order valence-electron chi connectivity index (χ3n) is 4.52. The van der Waals surface area contributed by atoms with Crippen molar-refractivity contribution in [2.75, 3.05) is 12.9 Å². The fraction of sp³-hybridized carbons (Fsp3) is 0.190. The maximum atomic E-state index is 13.4. The molecule has 0 unspecified atom stereocenters. The monoisotopic (exact) mass is 441 g/mol. The van der Waals surface area contributed by atoms with Gasteiger partial charge in [0.25, 0.3) is 5.56 Å². The van der Waals surface area contributed by atoms with Crippen molar-refractivity contribution in [3.8, 4) is 17.1 Å². The zero-order valence-electron chi connectivity index (χ0n) is 16.2. The smallest absolute Gasteiger partial charge is 0.278 e. The lowest BCUT2D eigenvalue weighted by molar-refractivity contribution is 0.340. The minimum absolute atomic E-state index is 0.119. The minimum atomic E-state index is -0.119. The summed E-state index contributed by atoms with van der Waals surface area (Å²) < 4.78 is 10.2. The number of para-hydroxylation sites is 1. The summed E-state index contributed by atoms with van der Waals surface area (Å²) in [6, 6.07) is 15.4. The van der Waals surface area contributed by atoms with E-state index in [1.54, 1.807) is 4.57 Å². The first kappa shape index (κ1) is 19.9. The molecular formula is C21H19N3O2S3. The van der Waals surface area contributed by atoms with Crippen LogP contribution < -0.4 is 10.3 Å². The molecule has 29 heavy (non-hydrogen) atoms. The molecule has 2 aromatic carbocycles. The Hall–Kier alpha value is -2.42. The van der Waals surface area contributed by atoms with Crippen molar-refractivity contribution in [1.82, 2.24) is 14.1 Å². The molecule has 8 heteroatoms. The summed E-state index contributed by atoms with van der Waals surface area (Å²) in [5.74, 6) is 0.769. The fourth-order valence-electron chi connectivity index (χ4n) is 3.19. The zero-order chi connectivity index (χ0) is 20.5. The van der Waals surface area contributed by atoms with Crippen molar-refractivity contribution in [1.29, 1.82) is 0 Å². The van der Waals surface area contributed by atoms with Crippen LogP contribution in [-0.2, 0) is 0 Å². The molecule has 0 spiro atoms. The Morgan fingerprint density at radius 2 is 1.86 bits per heavy atom. The van der Waals surface area contributed by atoms with E-state index in [1.165, 1.54) is 23.1 Å². The summed E-state index contributed by atoms with van der Waals surface area (Å²) in [4.78, 5) is 18.3. The van der Waals surface area contributed by atoms with Gasteiger partial charge < -0.3 is 4.74 Å². The van der Waals surface area contributed by atoms with E-state index in [2.05, 4.69) is 0 Å². The topological polar surface area (TPSA) is 49.0 Å². The summed E-state index contributed by atoms with van der Waals surface area (Å²) in [5, 5.41) is 0.613.